The molecule has 2 aromatic carbocycles. The molecule has 2 unspecified atom stereocenters. The average Bonchev–Trinajstić information content (AvgIpc) is 3.28. The van der Waals surface area contributed by atoms with Crippen molar-refractivity contribution >= 4 is 17.5 Å². The summed E-state index contributed by atoms with van der Waals surface area (Å²) in [4.78, 5) is 27.5. The molecule has 1 fully saturated rings. The lowest BCUT2D eigenvalue weighted by Gasteiger charge is -2.30. The number of hydrogen-bond donors (Lipinski definition) is 2. The molecule has 0 spiro atoms. The first-order valence-corrected chi connectivity index (χ1v) is 10.2. The van der Waals surface area contributed by atoms with Crippen LogP contribution in [0, 0.1) is 0 Å². The minimum Gasteiger partial charge on any atom is -0.497 e. The summed E-state index contributed by atoms with van der Waals surface area (Å²) in [5.74, 6) is 0.165. The van der Waals surface area contributed by atoms with Crippen LogP contribution in [0.4, 0.5) is 5.69 Å². The number of methoxy groups -OCH3 is 1. The Labute approximate surface area is 171 Å². The zero-order chi connectivity index (χ0) is 20.2. The van der Waals surface area contributed by atoms with Crippen molar-refractivity contribution in [3.05, 3.63) is 59.7 Å². The lowest BCUT2D eigenvalue weighted by molar-refractivity contribution is -0.126. The Hall–Kier alpha value is -2.86. The van der Waals surface area contributed by atoms with Gasteiger partial charge in [-0.25, -0.2) is 0 Å². The monoisotopic (exact) mass is 393 g/mol. The van der Waals surface area contributed by atoms with Gasteiger partial charge in [0.15, 0.2) is 0 Å². The highest BCUT2D eigenvalue weighted by Crippen LogP contribution is 2.32. The third-order valence-electron chi connectivity index (χ3n) is 5.87. The molecule has 29 heavy (non-hydrogen) atoms. The summed E-state index contributed by atoms with van der Waals surface area (Å²) in [5.41, 5.74) is 2.77. The third-order valence-corrected chi connectivity index (χ3v) is 5.87. The maximum absolute atomic E-state index is 13.0. The number of carbonyl (C=O) groups is 2. The van der Waals surface area contributed by atoms with Gasteiger partial charge in [-0.2, -0.15) is 0 Å². The number of anilines is 1. The summed E-state index contributed by atoms with van der Waals surface area (Å²) in [6.45, 7) is 2.58. The molecule has 2 aliphatic rings. The number of fused-ring (bicyclic) bond motifs is 1. The number of nitrogens with one attached hydrogen (secondary N) is 2. The number of benzene rings is 2. The molecule has 0 aliphatic carbocycles. The molecule has 4 rings (SSSR count). The maximum Gasteiger partial charge on any atom is 0.228 e. The number of nitrogens with zero attached hydrogens (tertiary/aromatic N) is 1. The van der Waals surface area contributed by atoms with Crippen LogP contribution in [0.15, 0.2) is 48.5 Å². The minimum atomic E-state index is -0.449. The van der Waals surface area contributed by atoms with Gasteiger partial charge in [-0.1, -0.05) is 30.3 Å². The summed E-state index contributed by atoms with van der Waals surface area (Å²) in [5, 5.41) is 5.98. The second-order valence-electron chi connectivity index (χ2n) is 7.67. The molecular weight excluding hydrogens is 366 g/mol. The smallest absolute Gasteiger partial charge is 0.228 e. The molecule has 2 N–H and O–H groups in total. The number of likely N-dealkylation sites (tertiary alicyclic amines) is 1. The maximum atomic E-state index is 13.0. The Morgan fingerprint density at radius 1 is 1.17 bits per heavy atom. The van der Waals surface area contributed by atoms with Crippen LogP contribution in [0.25, 0.3) is 0 Å². The van der Waals surface area contributed by atoms with Gasteiger partial charge in [-0.15, -0.1) is 0 Å². The zero-order valence-electron chi connectivity index (χ0n) is 16.7. The first-order valence-electron chi connectivity index (χ1n) is 10.2. The summed E-state index contributed by atoms with van der Waals surface area (Å²) in [6, 6.07) is 15.7. The Balaban J connectivity index is 1.50. The number of amides is 2. The average molecular weight is 393 g/mol. The van der Waals surface area contributed by atoms with E-state index in [1.807, 2.05) is 36.4 Å². The summed E-state index contributed by atoms with van der Waals surface area (Å²) < 4.78 is 5.27. The van der Waals surface area contributed by atoms with Crippen LogP contribution < -0.4 is 15.4 Å². The zero-order valence-corrected chi connectivity index (χ0v) is 16.7. The van der Waals surface area contributed by atoms with Gasteiger partial charge in [0, 0.05) is 18.7 Å². The van der Waals surface area contributed by atoms with Gasteiger partial charge in [0.2, 0.25) is 11.8 Å². The summed E-state index contributed by atoms with van der Waals surface area (Å²) in [7, 11) is 1.66. The van der Waals surface area contributed by atoms with E-state index in [1.165, 1.54) is 12.8 Å². The molecule has 2 atom stereocenters. The molecule has 152 valence electrons. The fourth-order valence-electron chi connectivity index (χ4n) is 4.30. The van der Waals surface area contributed by atoms with Gasteiger partial charge in [0.05, 0.1) is 19.1 Å². The predicted molar refractivity (Wildman–Crippen MR) is 112 cm³/mol. The molecule has 6 nitrogen and oxygen atoms in total. The Kier molecular flexibility index (Phi) is 5.81. The van der Waals surface area contributed by atoms with Gasteiger partial charge >= 0.3 is 0 Å². The Morgan fingerprint density at radius 3 is 2.62 bits per heavy atom. The topological polar surface area (TPSA) is 70.7 Å². The van der Waals surface area contributed by atoms with E-state index in [9.17, 15) is 9.59 Å². The molecule has 2 aliphatic heterocycles. The molecule has 0 saturated carbocycles. The van der Waals surface area contributed by atoms with E-state index in [1.54, 1.807) is 7.11 Å². The lowest BCUT2D eigenvalue weighted by atomic mass is 9.89. The van der Waals surface area contributed by atoms with E-state index >= 15 is 0 Å². The third kappa shape index (κ3) is 4.27. The van der Waals surface area contributed by atoms with Crippen LogP contribution in [0.3, 0.4) is 0 Å². The quantitative estimate of drug-likeness (QED) is 0.791. The van der Waals surface area contributed by atoms with E-state index in [-0.39, 0.29) is 24.3 Å². The number of hydrogen-bond acceptors (Lipinski definition) is 4. The second-order valence-corrected chi connectivity index (χ2v) is 7.67. The van der Waals surface area contributed by atoms with Crippen LogP contribution in [0.5, 0.6) is 5.75 Å². The van der Waals surface area contributed by atoms with Crippen molar-refractivity contribution in [1.29, 1.82) is 0 Å². The van der Waals surface area contributed by atoms with E-state index in [4.69, 9.17) is 4.74 Å². The molecule has 2 aromatic rings. The highest BCUT2D eigenvalue weighted by Gasteiger charge is 2.31. The van der Waals surface area contributed by atoms with Gasteiger partial charge in [0.25, 0.3) is 0 Å². The van der Waals surface area contributed by atoms with Crippen LogP contribution in [-0.2, 0) is 9.59 Å². The van der Waals surface area contributed by atoms with E-state index in [0.717, 1.165) is 35.7 Å². The Morgan fingerprint density at radius 2 is 1.90 bits per heavy atom. The van der Waals surface area contributed by atoms with Crippen molar-refractivity contribution in [2.24, 2.45) is 0 Å². The van der Waals surface area contributed by atoms with Crippen molar-refractivity contribution in [2.45, 2.75) is 31.2 Å². The van der Waals surface area contributed by atoms with Crippen LogP contribution in [0.2, 0.25) is 0 Å². The molecule has 2 amide bonds. The van der Waals surface area contributed by atoms with Crippen LogP contribution in [0.1, 0.15) is 42.3 Å². The summed E-state index contributed by atoms with van der Waals surface area (Å²) >= 11 is 0. The van der Waals surface area contributed by atoms with Crippen LogP contribution >= 0.6 is 0 Å². The molecule has 1 saturated heterocycles. The van der Waals surface area contributed by atoms with Gasteiger partial charge in [-0.3, -0.25) is 14.5 Å². The van der Waals surface area contributed by atoms with Crippen molar-refractivity contribution in [1.82, 2.24) is 10.2 Å². The van der Waals surface area contributed by atoms with Crippen molar-refractivity contribution in [3.8, 4) is 5.75 Å². The number of rotatable bonds is 6. The molecule has 6 heteroatoms. The van der Waals surface area contributed by atoms with E-state index in [0.29, 0.717) is 6.54 Å². The standard InChI is InChI=1S/C23H27N3O3/c1-29-17-10-8-16(9-11-17)21(26-12-4-5-13-26)15-24-23(28)19-14-22(27)25-20-7-3-2-6-18(19)20/h2-3,6-11,19,21H,4-5,12-15H2,1H3,(H,24,28)(H,25,27). The normalized spacial score (nSPS) is 19.9. The van der Waals surface area contributed by atoms with Crippen molar-refractivity contribution in [3.63, 3.8) is 0 Å². The highest BCUT2D eigenvalue weighted by molar-refractivity contribution is 6.01. The number of ether oxygens (including phenoxy) is 1. The predicted octanol–water partition coefficient (Wildman–Crippen LogP) is 3.07. The molecule has 0 bridgehead atoms. The van der Waals surface area contributed by atoms with Crippen molar-refractivity contribution < 1.29 is 14.3 Å². The Bertz CT molecular complexity index is 875. The molecule has 2 heterocycles. The fourth-order valence-corrected chi connectivity index (χ4v) is 4.30. The largest absolute Gasteiger partial charge is 0.497 e. The van der Waals surface area contributed by atoms with E-state index in [2.05, 4.69) is 27.7 Å². The van der Waals surface area contributed by atoms with E-state index < -0.39 is 5.92 Å². The molecular formula is C23H27N3O3. The molecule has 0 radical (unpaired) electrons. The summed E-state index contributed by atoms with van der Waals surface area (Å²) in [6.07, 6.45) is 2.54. The second kappa shape index (κ2) is 8.66. The molecule has 0 aromatic heterocycles. The SMILES string of the molecule is COc1ccc(C(CNC(=O)C2CC(=O)Nc3ccccc32)N2CCCC2)cc1. The first kappa shape index (κ1) is 19.5. The fraction of sp³-hybridized carbons (Fsp3) is 0.391. The van der Waals surface area contributed by atoms with Gasteiger partial charge in [0.1, 0.15) is 5.75 Å². The lowest BCUT2D eigenvalue weighted by Crippen LogP contribution is -2.40. The highest BCUT2D eigenvalue weighted by atomic mass is 16.5. The number of para-hydroxylation sites is 1. The number of carbonyl (C=O) groups excluding carboxylic acids is 2. The first-order chi connectivity index (χ1) is 14.2. The van der Waals surface area contributed by atoms with Gasteiger partial charge in [-0.05, 0) is 55.3 Å². The minimum absolute atomic E-state index is 0.0926. The van der Waals surface area contributed by atoms with Gasteiger partial charge < -0.3 is 15.4 Å². The van der Waals surface area contributed by atoms with Crippen LogP contribution in [-0.4, -0.2) is 43.5 Å². The van der Waals surface area contributed by atoms with Crippen molar-refractivity contribution in [2.75, 3.05) is 32.1 Å².